The predicted octanol–water partition coefficient (Wildman–Crippen LogP) is 2.98. The standard InChI is InChI=1S/C19H20F2N4O2S/c1-2-25-18(23-17-4-3-6-22-19(17)25)8-13-5-7-24(12-13)28(26,27)16-10-14(20)9-15(21)11-16/h3-4,6,9-11,13H,2,5,7-8,12H2,1H3/t13-/m1/s1. The number of hydrogen-bond donors (Lipinski definition) is 0. The molecule has 0 bridgehead atoms. The molecule has 3 aromatic rings. The summed E-state index contributed by atoms with van der Waals surface area (Å²) in [6.45, 7) is 3.35. The molecule has 1 fully saturated rings. The van der Waals surface area contributed by atoms with Crippen molar-refractivity contribution in [2.24, 2.45) is 5.92 Å². The van der Waals surface area contributed by atoms with Gasteiger partial charge in [-0.3, -0.25) is 0 Å². The van der Waals surface area contributed by atoms with Gasteiger partial charge in [-0.2, -0.15) is 4.31 Å². The summed E-state index contributed by atoms with van der Waals surface area (Å²) in [5.74, 6) is -0.857. The Labute approximate surface area is 161 Å². The van der Waals surface area contributed by atoms with Crippen LogP contribution in [0, 0.1) is 17.6 Å². The van der Waals surface area contributed by atoms with E-state index in [-0.39, 0.29) is 10.8 Å². The van der Waals surface area contributed by atoms with Crippen molar-refractivity contribution in [3.63, 3.8) is 0 Å². The number of halogens is 2. The Morgan fingerprint density at radius 1 is 1.21 bits per heavy atom. The minimum absolute atomic E-state index is 0.0790. The molecule has 0 aliphatic carbocycles. The van der Waals surface area contributed by atoms with Crippen molar-refractivity contribution in [1.82, 2.24) is 18.8 Å². The molecule has 0 N–H and O–H groups in total. The van der Waals surface area contributed by atoms with Gasteiger partial charge in [-0.05, 0) is 43.5 Å². The van der Waals surface area contributed by atoms with Crippen LogP contribution in [0.3, 0.4) is 0 Å². The summed E-state index contributed by atoms with van der Waals surface area (Å²) >= 11 is 0. The van der Waals surface area contributed by atoms with Crippen molar-refractivity contribution in [2.45, 2.75) is 31.2 Å². The molecule has 6 nitrogen and oxygen atoms in total. The van der Waals surface area contributed by atoms with Crippen LogP contribution in [-0.2, 0) is 23.0 Å². The van der Waals surface area contributed by atoms with Gasteiger partial charge in [0.15, 0.2) is 5.65 Å². The number of aryl methyl sites for hydroxylation is 1. The van der Waals surface area contributed by atoms with Gasteiger partial charge in [0.25, 0.3) is 0 Å². The quantitative estimate of drug-likeness (QED) is 0.653. The van der Waals surface area contributed by atoms with Crippen molar-refractivity contribution < 1.29 is 17.2 Å². The number of nitrogens with zero attached hydrogens (tertiary/aromatic N) is 4. The summed E-state index contributed by atoms with van der Waals surface area (Å²) in [4.78, 5) is 8.68. The maximum Gasteiger partial charge on any atom is 0.243 e. The summed E-state index contributed by atoms with van der Waals surface area (Å²) in [5, 5.41) is 0. The lowest BCUT2D eigenvalue weighted by Crippen LogP contribution is -2.29. The molecule has 148 valence electrons. The van der Waals surface area contributed by atoms with E-state index in [9.17, 15) is 17.2 Å². The van der Waals surface area contributed by atoms with Gasteiger partial charge in [-0.25, -0.2) is 27.2 Å². The number of rotatable bonds is 5. The van der Waals surface area contributed by atoms with E-state index in [1.807, 2.05) is 23.6 Å². The first-order valence-electron chi connectivity index (χ1n) is 9.15. The second-order valence-electron chi connectivity index (χ2n) is 6.95. The van der Waals surface area contributed by atoms with Crippen molar-refractivity contribution in [3.05, 3.63) is 54.0 Å². The maximum atomic E-state index is 13.5. The minimum Gasteiger partial charge on any atom is -0.313 e. The lowest BCUT2D eigenvalue weighted by molar-refractivity contribution is 0.449. The Balaban J connectivity index is 1.55. The molecule has 4 rings (SSSR count). The van der Waals surface area contributed by atoms with Crippen LogP contribution in [0.15, 0.2) is 41.4 Å². The van der Waals surface area contributed by atoms with E-state index < -0.39 is 21.7 Å². The molecule has 1 aliphatic rings. The fourth-order valence-electron chi connectivity index (χ4n) is 3.76. The van der Waals surface area contributed by atoms with Gasteiger partial charge < -0.3 is 4.57 Å². The molecular formula is C19H20F2N4O2S. The van der Waals surface area contributed by atoms with E-state index >= 15 is 0 Å². The SMILES string of the molecule is CCn1c(C[C@H]2CCN(S(=O)(=O)c3cc(F)cc(F)c3)C2)nc2cccnc21. The highest BCUT2D eigenvalue weighted by Crippen LogP contribution is 2.28. The van der Waals surface area contributed by atoms with Gasteiger partial charge in [0, 0.05) is 38.3 Å². The van der Waals surface area contributed by atoms with Crippen molar-refractivity contribution in [3.8, 4) is 0 Å². The number of hydrogen-bond acceptors (Lipinski definition) is 4. The van der Waals surface area contributed by atoms with Gasteiger partial charge in [-0.1, -0.05) is 0 Å². The molecule has 0 amide bonds. The molecule has 28 heavy (non-hydrogen) atoms. The second-order valence-corrected chi connectivity index (χ2v) is 8.88. The number of benzene rings is 1. The summed E-state index contributed by atoms with van der Waals surface area (Å²) < 4.78 is 55.8. The van der Waals surface area contributed by atoms with Crippen molar-refractivity contribution in [1.29, 1.82) is 0 Å². The first-order chi connectivity index (χ1) is 13.4. The fourth-order valence-corrected chi connectivity index (χ4v) is 5.33. The fraction of sp³-hybridized carbons (Fsp3) is 0.368. The van der Waals surface area contributed by atoms with Gasteiger partial charge in [0.1, 0.15) is 23.0 Å². The molecule has 0 spiro atoms. The molecule has 9 heteroatoms. The van der Waals surface area contributed by atoms with Crippen LogP contribution < -0.4 is 0 Å². The van der Waals surface area contributed by atoms with E-state index in [0.717, 1.165) is 35.7 Å². The Morgan fingerprint density at radius 3 is 2.68 bits per heavy atom. The van der Waals surface area contributed by atoms with Gasteiger partial charge >= 0.3 is 0 Å². The third kappa shape index (κ3) is 3.40. The maximum absolute atomic E-state index is 13.5. The highest BCUT2D eigenvalue weighted by atomic mass is 32.2. The van der Waals surface area contributed by atoms with Gasteiger partial charge in [0.05, 0.1) is 4.90 Å². The molecule has 1 aromatic carbocycles. The van der Waals surface area contributed by atoms with Crippen LogP contribution in [0.4, 0.5) is 8.78 Å². The Hall–Kier alpha value is -2.39. The lowest BCUT2D eigenvalue weighted by atomic mass is 10.0. The number of sulfonamides is 1. The highest BCUT2D eigenvalue weighted by molar-refractivity contribution is 7.89. The normalized spacial score (nSPS) is 18.2. The summed E-state index contributed by atoms with van der Waals surface area (Å²) in [7, 11) is -3.94. The zero-order valence-electron chi connectivity index (χ0n) is 15.3. The summed E-state index contributed by atoms with van der Waals surface area (Å²) in [6.07, 6.45) is 3.01. The summed E-state index contributed by atoms with van der Waals surface area (Å²) in [5.41, 5.74) is 1.63. The van der Waals surface area contributed by atoms with Gasteiger partial charge in [-0.15, -0.1) is 0 Å². The number of aromatic nitrogens is 3. The molecule has 0 unspecified atom stereocenters. The smallest absolute Gasteiger partial charge is 0.243 e. The van der Waals surface area contributed by atoms with E-state index in [4.69, 9.17) is 0 Å². The van der Waals surface area contributed by atoms with Crippen molar-refractivity contribution in [2.75, 3.05) is 13.1 Å². The average Bonchev–Trinajstić information content (AvgIpc) is 3.25. The molecule has 1 aliphatic heterocycles. The largest absolute Gasteiger partial charge is 0.313 e. The van der Waals surface area contributed by atoms with E-state index in [1.54, 1.807) is 6.20 Å². The van der Waals surface area contributed by atoms with Crippen molar-refractivity contribution >= 4 is 21.2 Å². The van der Waals surface area contributed by atoms with Crippen LogP contribution in [0.25, 0.3) is 11.2 Å². The summed E-state index contributed by atoms with van der Waals surface area (Å²) in [6, 6.07) is 6.11. The molecule has 0 saturated carbocycles. The Bertz CT molecular complexity index is 1110. The Kier molecular flexibility index (Phi) is 4.88. The molecule has 0 radical (unpaired) electrons. The van der Waals surface area contributed by atoms with E-state index in [1.165, 1.54) is 4.31 Å². The van der Waals surface area contributed by atoms with Crippen LogP contribution in [0.1, 0.15) is 19.2 Å². The van der Waals surface area contributed by atoms with E-state index in [2.05, 4.69) is 9.97 Å². The lowest BCUT2D eigenvalue weighted by Gasteiger charge is -2.17. The van der Waals surface area contributed by atoms with Gasteiger partial charge in [0.2, 0.25) is 10.0 Å². The van der Waals surface area contributed by atoms with Crippen LogP contribution in [0.2, 0.25) is 0 Å². The number of fused-ring (bicyclic) bond motifs is 1. The predicted molar refractivity (Wildman–Crippen MR) is 100 cm³/mol. The topological polar surface area (TPSA) is 68.1 Å². The van der Waals surface area contributed by atoms with Crippen LogP contribution in [-0.4, -0.2) is 40.3 Å². The van der Waals surface area contributed by atoms with E-state index in [0.29, 0.717) is 32.0 Å². The number of pyridine rings is 1. The molecule has 1 atom stereocenters. The first kappa shape index (κ1) is 18.9. The molecule has 1 saturated heterocycles. The molecule has 2 aromatic heterocycles. The zero-order chi connectivity index (χ0) is 19.9. The first-order valence-corrected chi connectivity index (χ1v) is 10.6. The monoisotopic (exact) mass is 406 g/mol. The highest BCUT2D eigenvalue weighted by Gasteiger charge is 2.34. The minimum atomic E-state index is -3.94. The Morgan fingerprint density at radius 2 is 1.96 bits per heavy atom. The number of imidazole rings is 1. The zero-order valence-corrected chi connectivity index (χ0v) is 16.2. The van der Waals surface area contributed by atoms with Crippen LogP contribution in [0.5, 0.6) is 0 Å². The average molecular weight is 406 g/mol. The molecule has 3 heterocycles. The third-order valence-electron chi connectivity index (χ3n) is 5.09. The third-order valence-corrected chi connectivity index (χ3v) is 6.94. The molecular weight excluding hydrogens is 386 g/mol. The second kappa shape index (κ2) is 7.21. The van der Waals surface area contributed by atoms with Crippen LogP contribution >= 0.6 is 0 Å².